The van der Waals surface area contributed by atoms with Gasteiger partial charge in [0.05, 0.1) is 12.3 Å². The molecule has 1 aromatic heterocycles. The first-order chi connectivity index (χ1) is 10.0. The number of carbonyl (C=O) groups excluding carboxylic acids is 2. The van der Waals surface area contributed by atoms with E-state index in [0.29, 0.717) is 13.0 Å². The van der Waals surface area contributed by atoms with E-state index in [4.69, 9.17) is 4.74 Å². The summed E-state index contributed by atoms with van der Waals surface area (Å²) in [4.78, 5) is 26.5. The molecular weight excluding hydrogens is 272 g/mol. The molecule has 0 radical (unpaired) electrons. The Morgan fingerprint density at radius 2 is 2.19 bits per heavy atom. The van der Waals surface area contributed by atoms with Crippen molar-refractivity contribution in [3.63, 3.8) is 0 Å². The molecule has 1 aliphatic rings. The van der Waals surface area contributed by atoms with Crippen molar-refractivity contribution in [1.82, 2.24) is 20.4 Å². The normalized spacial score (nSPS) is 21.4. The summed E-state index contributed by atoms with van der Waals surface area (Å²) in [6.45, 7) is 2.47. The highest BCUT2D eigenvalue weighted by atomic mass is 16.5. The SMILES string of the molecule is CNC(=O)C1(COC)CCCN1C(=O)c1ccc(C)nn1. The molecule has 7 nitrogen and oxygen atoms in total. The van der Waals surface area contributed by atoms with Crippen LogP contribution >= 0.6 is 0 Å². The summed E-state index contributed by atoms with van der Waals surface area (Å²) in [5.41, 5.74) is 0.0157. The van der Waals surface area contributed by atoms with Gasteiger partial charge >= 0.3 is 0 Å². The van der Waals surface area contributed by atoms with E-state index in [-0.39, 0.29) is 24.1 Å². The van der Waals surface area contributed by atoms with Crippen LogP contribution in [0, 0.1) is 6.92 Å². The van der Waals surface area contributed by atoms with Crippen LogP contribution in [0.1, 0.15) is 29.0 Å². The number of likely N-dealkylation sites (N-methyl/N-ethyl adjacent to an activating group) is 1. The molecule has 1 aromatic rings. The predicted molar refractivity (Wildman–Crippen MR) is 75.7 cm³/mol. The van der Waals surface area contributed by atoms with Gasteiger partial charge in [-0.25, -0.2) is 0 Å². The number of rotatable bonds is 4. The maximum atomic E-state index is 12.7. The third-order valence-electron chi connectivity index (χ3n) is 3.78. The summed E-state index contributed by atoms with van der Waals surface area (Å²) in [6, 6.07) is 3.36. The van der Waals surface area contributed by atoms with Crippen molar-refractivity contribution in [2.75, 3.05) is 27.3 Å². The highest BCUT2D eigenvalue weighted by molar-refractivity contribution is 5.98. The number of aromatic nitrogens is 2. The van der Waals surface area contributed by atoms with E-state index in [2.05, 4.69) is 15.5 Å². The third kappa shape index (κ3) is 2.73. The van der Waals surface area contributed by atoms with Gasteiger partial charge in [0.25, 0.3) is 5.91 Å². The lowest BCUT2D eigenvalue weighted by Crippen LogP contribution is -2.59. The van der Waals surface area contributed by atoms with E-state index in [1.54, 1.807) is 31.0 Å². The van der Waals surface area contributed by atoms with E-state index in [9.17, 15) is 9.59 Å². The van der Waals surface area contributed by atoms with E-state index in [0.717, 1.165) is 12.1 Å². The molecule has 0 bridgehead atoms. The highest BCUT2D eigenvalue weighted by Gasteiger charge is 2.49. The van der Waals surface area contributed by atoms with Crippen LogP contribution in [0.3, 0.4) is 0 Å². The fraction of sp³-hybridized carbons (Fsp3) is 0.571. The summed E-state index contributed by atoms with van der Waals surface area (Å²) in [5, 5.41) is 10.5. The molecule has 2 heterocycles. The van der Waals surface area contributed by atoms with Crippen molar-refractivity contribution < 1.29 is 14.3 Å². The molecule has 0 saturated carbocycles. The van der Waals surface area contributed by atoms with Crippen molar-refractivity contribution in [3.05, 3.63) is 23.5 Å². The number of likely N-dealkylation sites (tertiary alicyclic amines) is 1. The lowest BCUT2D eigenvalue weighted by Gasteiger charge is -2.35. The number of carbonyl (C=O) groups is 2. The summed E-state index contributed by atoms with van der Waals surface area (Å²) in [5.74, 6) is -0.504. The molecule has 2 amide bonds. The molecule has 7 heteroatoms. The maximum absolute atomic E-state index is 12.7. The molecule has 1 saturated heterocycles. The number of nitrogens with zero attached hydrogens (tertiary/aromatic N) is 3. The standard InChI is InChI=1S/C14H20N4O3/c1-10-5-6-11(17-16-10)12(19)18-8-4-7-14(18,9-21-3)13(20)15-2/h5-6H,4,7-9H2,1-3H3,(H,15,20). The van der Waals surface area contributed by atoms with Gasteiger partial charge < -0.3 is 15.0 Å². The summed E-state index contributed by atoms with van der Waals surface area (Å²) < 4.78 is 5.20. The van der Waals surface area contributed by atoms with Gasteiger partial charge in [0, 0.05) is 20.7 Å². The lowest BCUT2D eigenvalue weighted by atomic mass is 9.95. The minimum atomic E-state index is -0.965. The second-order valence-corrected chi connectivity index (χ2v) is 5.16. The first-order valence-electron chi connectivity index (χ1n) is 6.88. The zero-order chi connectivity index (χ0) is 15.5. The van der Waals surface area contributed by atoms with Gasteiger partial charge in [-0.3, -0.25) is 9.59 Å². The van der Waals surface area contributed by atoms with Crippen molar-refractivity contribution >= 4 is 11.8 Å². The van der Waals surface area contributed by atoms with Crippen LogP contribution in [0.25, 0.3) is 0 Å². The van der Waals surface area contributed by atoms with Crippen molar-refractivity contribution in [1.29, 1.82) is 0 Å². The largest absolute Gasteiger partial charge is 0.382 e. The smallest absolute Gasteiger partial charge is 0.275 e. The van der Waals surface area contributed by atoms with Crippen LogP contribution in [0.4, 0.5) is 0 Å². The molecule has 114 valence electrons. The van der Waals surface area contributed by atoms with Crippen molar-refractivity contribution in [2.24, 2.45) is 0 Å². The van der Waals surface area contributed by atoms with Gasteiger partial charge in [-0.15, -0.1) is 5.10 Å². The maximum Gasteiger partial charge on any atom is 0.275 e. The van der Waals surface area contributed by atoms with Crippen molar-refractivity contribution in [2.45, 2.75) is 25.3 Å². The highest BCUT2D eigenvalue weighted by Crippen LogP contribution is 2.31. The van der Waals surface area contributed by atoms with E-state index in [1.165, 1.54) is 7.11 Å². The Hall–Kier alpha value is -2.02. The fourth-order valence-electron chi connectivity index (χ4n) is 2.75. The van der Waals surface area contributed by atoms with Crippen LogP contribution in [-0.2, 0) is 9.53 Å². The van der Waals surface area contributed by atoms with Crippen LogP contribution in [0.5, 0.6) is 0 Å². The Bertz CT molecular complexity index is 532. The zero-order valence-electron chi connectivity index (χ0n) is 12.5. The van der Waals surface area contributed by atoms with E-state index < -0.39 is 5.54 Å². The number of hydrogen-bond donors (Lipinski definition) is 1. The van der Waals surface area contributed by atoms with E-state index in [1.807, 2.05) is 0 Å². The second kappa shape index (κ2) is 6.17. The van der Waals surface area contributed by atoms with Crippen molar-refractivity contribution in [3.8, 4) is 0 Å². The van der Waals surface area contributed by atoms with Crippen LogP contribution in [0.15, 0.2) is 12.1 Å². The molecule has 21 heavy (non-hydrogen) atoms. The fourth-order valence-corrected chi connectivity index (χ4v) is 2.75. The number of amides is 2. The second-order valence-electron chi connectivity index (χ2n) is 5.16. The van der Waals surface area contributed by atoms with Gasteiger partial charge in [-0.1, -0.05) is 0 Å². The number of nitrogens with one attached hydrogen (secondary N) is 1. The van der Waals surface area contributed by atoms with Crippen LogP contribution in [-0.4, -0.2) is 59.8 Å². The Labute approximate surface area is 123 Å². The molecule has 1 unspecified atom stereocenters. The Morgan fingerprint density at radius 1 is 1.43 bits per heavy atom. The predicted octanol–water partition coefficient (Wildman–Crippen LogP) is 0.152. The molecule has 0 aliphatic carbocycles. The molecular formula is C14H20N4O3. The minimum Gasteiger partial charge on any atom is -0.382 e. The summed E-state index contributed by atoms with van der Waals surface area (Å²) in [7, 11) is 3.09. The Morgan fingerprint density at radius 3 is 2.76 bits per heavy atom. The molecule has 2 rings (SSSR count). The number of aryl methyl sites for hydroxylation is 1. The Kier molecular flexibility index (Phi) is 4.52. The lowest BCUT2D eigenvalue weighted by molar-refractivity contribution is -0.133. The minimum absolute atomic E-state index is 0.164. The number of methoxy groups -OCH3 is 1. The first-order valence-corrected chi connectivity index (χ1v) is 6.88. The molecule has 0 spiro atoms. The topological polar surface area (TPSA) is 84.4 Å². The van der Waals surface area contributed by atoms with Gasteiger partial charge in [0.1, 0.15) is 5.54 Å². The quantitative estimate of drug-likeness (QED) is 0.854. The molecule has 0 aromatic carbocycles. The third-order valence-corrected chi connectivity index (χ3v) is 3.78. The van der Waals surface area contributed by atoms with Gasteiger partial charge in [0.15, 0.2) is 5.69 Å². The average molecular weight is 292 g/mol. The van der Waals surface area contributed by atoms with Gasteiger partial charge in [0.2, 0.25) is 5.91 Å². The molecule has 1 aliphatic heterocycles. The number of ether oxygens (including phenoxy) is 1. The van der Waals surface area contributed by atoms with E-state index >= 15 is 0 Å². The molecule has 1 N–H and O–H groups in total. The van der Waals surface area contributed by atoms with Crippen LogP contribution < -0.4 is 5.32 Å². The summed E-state index contributed by atoms with van der Waals surface area (Å²) in [6.07, 6.45) is 1.33. The number of hydrogen-bond acceptors (Lipinski definition) is 5. The average Bonchev–Trinajstić information content (AvgIpc) is 2.91. The first kappa shape index (κ1) is 15.4. The van der Waals surface area contributed by atoms with Gasteiger partial charge in [-0.05, 0) is 31.9 Å². The molecule has 1 fully saturated rings. The van der Waals surface area contributed by atoms with Crippen LogP contribution in [0.2, 0.25) is 0 Å². The Balaban J connectivity index is 2.33. The monoisotopic (exact) mass is 292 g/mol. The zero-order valence-corrected chi connectivity index (χ0v) is 12.5. The summed E-state index contributed by atoms with van der Waals surface area (Å²) >= 11 is 0. The van der Waals surface area contributed by atoms with Gasteiger partial charge in [-0.2, -0.15) is 5.10 Å². The molecule has 1 atom stereocenters.